The fourth-order valence-corrected chi connectivity index (χ4v) is 2.29. The molecule has 0 saturated carbocycles. The van der Waals surface area contributed by atoms with Crippen LogP contribution in [0.15, 0.2) is 48.5 Å². The van der Waals surface area contributed by atoms with Gasteiger partial charge in [0, 0.05) is 18.0 Å². The highest BCUT2D eigenvalue weighted by molar-refractivity contribution is 6.09. The van der Waals surface area contributed by atoms with E-state index in [0.717, 1.165) is 5.56 Å². The molecule has 0 unspecified atom stereocenters. The van der Waals surface area contributed by atoms with E-state index >= 15 is 0 Å². The second kappa shape index (κ2) is 8.61. The van der Waals surface area contributed by atoms with Gasteiger partial charge in [0.15, 0.2) is 0 Å². The molecular formula is C19H16N2O6-2. The molecule has 2 aromatic rings. The lowest BCUT2D eigenvalue weighted by Gasteiger charge is -2.21. The third kappa shape index (κ3) is 5.40. The molecule has 0 spiro atoms. The molecule has 27 heavy (non-hydrogen) atoms. The number of hydrogen-bond acceptors (Lipinski definition) is 6. The number of carboxylic acids is 2. The summed E-state index contributed by atoms with van der Waals surface area (Å²) in [5, 5.41) is 26.2. The number of hydrogen-bond donors (Lipinski definition) is 2. The SMILES string of the molecule is Cc1ccc(C(=O)Nc2ccccc2C(=O)N[C@H](CC(=O)[O-])C(=O)[O-])cc1. The fraction of sp³-hybridized carbons (Fsp3) is 0.158. The molecule has 1 atom stereocenters. The normalized spacial score (nSPS) is 11.3. The Bertz CT molecular complexity index is 876. The first-order valence-electron chi connectivity index (χ1n) is 7.96. The van der Waals surface area contributed by atoms with E-state index in [1.54, 1.807) is 30.3 Å². The number of nitrogens with one attached hydrogen (secondary N) is 2. The van der Waals surface area contributed by atoms with E-state index in [1.807, 2.05) is 6.92 Å². The molecule has 2 rings (SSSR count). The van der Waals surface area contributed by atoms with E-state index in [9.17, 15) is 29.4 Å². The maximum Gasteiger partial charge on any atom is 0.255 e. The Morgan fingerprint density at radius 3 is 2.15 bits per heavy atom. The Morgan fingerprint density at radius 2 is 1.56 bits per heavy atom. The van der Waals surface area contributed by atoms with Crippen molar-refractivity contribution in [1.82, 2.24) is 5.32 Å². The number of carboxylic acid groups (broad SMARTS) is 2. The smallest absolute Gasteiger partial charge is 0.255 e. The van der Waals surface area contributed by atoms with Crippen LogP contribution >= 0.6 is 0 Å². The molecule has 0 aliphatic carbocycles. The highest BCUT2D eigenvalue weighted by Gasteiger charge is 2.18. The fourth-order valence-electron chi connectivity index (χ4n) is 2.29. The van der Waals surface area contributed by atoms with E-state index in [2.05, 4.69) is 10.6 Å². The lowest BCUT2D eigenvalue weighted by atomic mass is 10.1. The summed E-state index contributed by atoms with van der Waals surface area (Å²) in [7, 11) is 0. The minimum absolute atomic E-state index is 0.0254. The monoisotopic (exact) mass is 368 g/mol. The largest absolute Gasteiger partial charge is 0.550 e. The van der Waals surface area contributed by atoms with Crippen LogP contribution in [0.1, 0.15) is 32.7 Å². The van der Waals surface area contributed by atoms with Crippen molar-refractivity contribution in [3.8, 4) is 0 Å². The van der Waals surface area contributed by atoms with E-state index in [0.29, 0.717) is 5.56 Å². The summed E-state index contributed by atoms with van der Waals surface area (Å²) in [5.41, 5.74) is 1.47. The highest BCUT2D eigenvalue weighted by Crippen LogP contribution is 2.17. The molecule has 0 fully saturated rings. The summed E-state index contributed by atoms with van der Waals surface area (Å²) in [4.78, 5) is 46.3. The van der Waals surface area contributed by atoms with Crippen molar-refractivity contribution >= 4 is 29.4 Å². The van der Waals surface area contributed by atoms with Crippen LogP contribution in [-0.2, 0) is 9.59 Å². The van der Waals surface area contributed by atoms with Crippen LogP contribution in [0.2, 0.25) is 0 Å². The summed E-state index contributed by atoms with van der Waals surface area (Å²) >= 11 is 0. The number of aryl methyl sites for hydroxylation is 1. The molecule has 8 heteroatoms. The summed E-state index contributed by atoms with van der Waals surface area (Å²) < 4.78 is 0. The Balaban J connectivity index is 2.20. The molecule has 2 aromatic carbocycles. The van der Waals surface area contributed by atoms with E-state index < -0.39 is 36.2 Å². The predicted molar refractivity (Wildman–Crippen MR) is 91.5 cm³/mol. The van der Waals surface area contributed by atoms with Crippen molar-refractivity contribution in [3.05, 3.63) is 65.2 Å². The molecular weight excluding hydrogens is 352 g/mol. The average Bonchev–Trinajstić information content (AvgIpc) is 2.61. The number of para-hydroxylation sites is 1. The van der Waals surface area contributed by atoms with Crippen molar-refractivity contribution in [2.75, 3.05) is 5.32 Å². The van der Waals surface area contributed by atoms with Crippen molar-refractivity contribution in [2.45, 2.75) is 19.4 Å². The Morgan fingerprint density at radius 1 is 0.926 bits per heavy atom. The predicted octanol–water partition coefficient (Wildman–Crippen LogP) is -0.764. The van der Waals surface area contributed by atoms with Gasteiger partial charge in [-0.15, -0.1) is 0 Å². The van der Waals surface area contributed by atoms with Gasteiger partial charge in [-0.05, 0) is 31.2 Å². The Kier molecular flexibility index (Phi) is 6.27. The van der Waals surface area contributed by atoms with Crippen LogP contribution in [0.25, 0.3) is 0 Å². The molecule has 140 valence electrons. The van der Waals surface area contributed by atoms with Crippen LogP contribution in [-0.4, -0.2) is 29.8 Å². The number of amides is 2. The molecule has 0 bridgehead atoms. The first-order chi connectivity index (χ1) is 12.8. The number of rotatable bonds is 7. The van der Waals surface area contributed by atoms with Crippen molar-refractivity contribution in [2.24, 2.45) is 0 Å². The van der Waals surface area contributed by atoms with E-state index in [-0.39, 0.29) is 11.3 Å². The van der Waals surface area contributed by atoms with Gasteiger partial charge in [-0.3, -0.25) is 9.59 Å². The van der Waals surface area contributed by atoms with Gasteiger partial charge in [0.05, 0.1) is 23.3 Å². The zero-order valence-electron chi connectivity index (χ0n) is 14.4. The highest BCUT2D eigenvalue weighted by atomic mass is 16.4. The molecule has 0 aliphatic heterocycles. The quantitative estimate of drug-likeness (QED) is 0.658. The maximum atomic E-state index is 12.4. The molecule has 0 aromatic heterocycles. The molecule has 8 nitrogen and oxygen atoms in total. The minimum Gasteiger partial charge on any atom is -0.550 e. The molecule has 2 amide bonds. The number of benzene rings is 2. The molecule has 0 aliphatic rings. The summed E-state index contributed by atoms with van der Waals surface area (Å²) in [6.45, 7) is 1.88. The Labute approximate surface area is 154 Å². The van der Waals surface area contributed by atoms with E-state index in [4.69, 9.17) is 0 Å². The van der Waals surface area contributed by atoms with Crippen LogP contribution in [0.3, 0.4) is 0 Å². The third-order valence-electron chi connectivity index (χ3n) is 3.69. The van der Waals surface area contributed by atoms with Gasteiger partial charge in [0.1, 0.15) is 0 Å². The van der Waals surface area contributed by atoms with Crippen LogP contribution < -0.4 is 20.8 Å². The zero-order chi connectivity index (χ0) is 20.0. The molecule has 0 radical (unpaired) electrons. The van der Waals surface area contributed by atoms with Crippen LogP contribution in [0, 0.1) is 6.92 Å². The lowest BCUT2D eigenvalue weighted by Crippen LogP contribution is -2.50. The van der Waals surface area contributed by atoms with Crippen LogP contribution in [0.5, 0.6) is 0 Å². The average molecular weight is 368 g/mol. The van der Waals surface area contributed by atoms with Crippen molar-refractivity contribution in [1.29, 1.82) is 0 Å². The van der Waals surface area contributed by atoms with Gasteiger partial charge < -0.3 is 30.4 Å². The van der Waals surface area contributed by atoms with Crippen molar-refractivity contribution < 1.29 is 29.4 Å². The topological polar surface area (TPSA) is 138 Å². The number of aliphatic carboxylic acids is 2. The molecule has 2 N–H and O–H groups in total. The number of carbonyl (C=O) groups excluding carboxylic acids is 4. The van der Waals surface area contributed by atoms with Gasteiger partial charge in [0.25, 0.3) is 11.8 Å². The second-order valence-electron chi connectivity index (χ2n) is 5.79. The minimum atomic E-state index is -1.76. The molecule has 0 heterocycles. The van der Waals surface area contributed by atoms with Crippen molar-refractivity contribution in [3.63, 3.8) is 0 Å². The van der Waals surface area contributed by atoms with Gasteiger partial charge in [-0.25, -0.2) is 0 Å². The van der Waals surface area contributed by atoms with Gasteiger partial charge in [-0.2, -0.15) is 0 Å². The first kappa shape index (κ1) is 19.6. The molecule has 0 saturated heterocycles. The third-order valence-corrected chi connectivity index (χ3v) is 3.69. The van der Waals surface area contributed by atoms with Gasteiger partial charge >= 0.3 is 0 Å². The van der Waals surface area contributed by atoms with Gasteiger partial charge in [-0.1, -0.05) is 29.8 Å². The maximum absolute atomic E-state index is 12.4. The summed E-state index contributed by atoms with van der Waals surface area (Å²) in [5.74, 6) is -4.73. The zero-order valence-corrected chi connectivity index (χ0v) is 14.4. The van der Waals surface area contributed by atoms with Gasteiger partial charge in [0.2, 0.25) is 0 Å². The van der Waals surface area contributed by atoms with Crippen LogP contribution in [0.4, 0.5) is 5.69 Å². The standard InChI is InChI=1S/C19H18N2O6/c1-11-6-8-12(9-7-11)17(24)20-14-5-3-2-4-13(14)18(25)21-15(19(26)27)10-16(22)23/h2-9,15H,10H2,1H3,(H,20,24)(H,21,25)(H,22,23)(H,26,27)/p-2/t15-/m1/s1. The number of anilines is 1. The summed E-state index contributed by atoms with van der Waals surface area (Å²) in [6, 6.07) is 10.9. The number of carbonyl (C=O) groups is 4. The second-order valence-corrected chi connectivity index (χ2v) is 5.79. The van der Waals surface area contributed by atoms with E-state index in [1.165, 1.54) is 18.2 Å². The summed E-state index contributed by atoms with van der Waals surface area (Å²) in [6.07, 6.45) is -0.939. The Hall–Kier alpha value is -3.68. The first-order valence-corrected chi connectivity index (χ1v) is 7.96. The lowest BCUT2D eigenvalue weighted by molar-refractivity contribution is -0.317.